The van der Waals surface area contributed by atoms with Crippen LogP contribution in [0.1, 0.15) is 36.4 Å². The Morgan fingerprint density at radius 1 is 1.45 bits per heavy atom. The predicted molar refractivity (Wildman–Crippen MR) is 82.5 cm³/mol. The number of anilines is 2. The highest BCUT2D eigenvalue weighted by Gasteiger charge is 2.31. The van der Waals surface area contributed by atoms with Crippen LogP contribution in [0.3, 0.4) is 0 Å². The molecule has 0 saturated heterocycles. The van der Waals surface area contributed by atoms with Crippen LogP contribution < -0.4 is 10.6 Å². The smallest absolute Gasteiger partial charge is 0.183 e. The molecule has 2 rings (SSSR count). The van der Waals surface area contributed by atoms with Gasteiger partial charge in [0.05, 0.1) is 16.3 Å². The summed E-state index contributed by atoms with van der Waals surface area (Å²) < 4.78 is 24.5. The quantitative estimate of drug-likeness (QED) is 0.814. The maximum absolute atomic E-state index is 12.3. The Morgan fingerprint density at radius 2 is 2.05 bits per heavy atom. The minimum atomic E-state index is -3.44. The standard InChI is InChI=1S/C13H20N2O3S2/c1-4-20(17,18)12-10(14)11(8(2)16)19-13(12)15(3)7-9-5-6-9/h9H,4-7,14H2,1-3H3. The van der Waals surface area contributed by atoms with E-state index in [0.29, 0.717) is 15.8 Å². The molecule has 0 aromatic carbocycles. The van der Waals surface area contributed by atoms with Crippen LogP contribution in [0, 0.1) is 5.92 Å². The molecule has 0 spiro atoms. The van der Waals surface area contributed by atoms with Gasteiger partial charge in [-0.1, -0.05) is 6.92 Å². The average Bonchev–Trinajstić information content (AvgIpc) is 3.09. The normalized spacial score (nSPS) is 15.3. The lowest BCUT2D eigenvalue weighted by Gasteiger charge is -2.18. The lowest BCUT2D eigenvalue weighted by molar-refractivity contribution is 0.102. The largest absolute Gasteiger partial charge is 0.396 e. The Hall–Kier alpha value is -1.08. The van der Waals surface area contributed by atoms with Crippen molar-refractivity contribution in [3.05, 3.63) is 4.88 Å². The van der Waals surface area contributed by atoms with Crippen LogP contribution in [0.5, 0.6) is 0 Å². The molecule has 0 bridgehead atoms. The number of nitrogens with zero attached hydrogens (tertiary/aromatic N) is 1. The fourth-order valence-electron chi connectivity index (χ4n) is 2.14. The number of ketones is 1. The first kappa shape index (κ1) is 15.3. The van der Waals surface area contributed by atoms with Gasteiger partial charge < -0.3 is 10.6 Å². The molecule has 7 heteroatoms. The zero-order valence-electron chi connectivity index (χ0n) is 12.0. The summed E-state index contributed by atoms with van der Waals surface area (Å²) >= 11 is 1.19. The molecule has 0 unspecified atom stereocenters. The Bertz CT molecular complexity index is 630. The first-order valence-electron chi connectivity index (χ1n) is 6.65. The van der Waals surface area contributed by atoms with Gasteiger partial charge in [-0.3, -0.25) is 4.79 Å². The maximum atomic E-state index is 12.3. The van der Waals surface area contributed by atoms with Gasteiger partial charge in [0.15, 0.2) is 15.6 Å². The third-order valence-corrected chi connectivity index (χ3v) is 6.81. The van der Waals surface area contributed by atoms with E-state index in [1.807, 2.05) is 11.9 Å². The van der Waals surface area contributed by atoms with Crippen LogP contribution in [0.25, 0.3) is 0 Å². The fraction of sp³-hybridized carbons (Fsp3) is 0.615. The Kier molecular flexibility index (Phi) is 4.11. The van der Waals surface area contributed by atoms with E-state index in [1.165, 1.54) is 31.1 Å². The number of nitrogens with two attached hydrogens (primary N) is 1. The molecule has 2 N–H and O–H groups in total. The van der Waals surface area contributed by atoms with E-state index in [4.69, 9.17) is 5.73 Å². The van der Waals surface area contributed by atoms with Gasteiger partial charge in [0.1, 0.15) is 9.90 Å². The zero-order valence-corrected chi connectivity index (χ0v) is 13.6. The van der Waals surface area contributed by atoms with Crippen molar-refractivity contribution in [1.82, 2.24) is 0 Å². The van der Waals surface area contributed by atoms with E-state index in [1.54, 1.807) is 6.92 Å². The van der Waals surface area contributed by atoms with Crippen LogP contribution in [0.4, 0.5) is 10.7 Å². The van der Waals surface area contributed by atoms with E-state index in [-0.39, 0.29) is 22.1 Å². The number of nitrogen functional groups attached to an aromatic ring is 1. The van der Waals surface area contributed by atoms with Crippen LogP contribution in [0.15, 0.2) is 4.90 Å². The highest BCUT2D eigenvalue weighted by Crippen LogP contribution is 2.43. The van der Waals surface area contributed by atoms with Crippen molar-refractivity contribution >= 4 is 37.6 Å². The van der Waals surface area contributed by atoms with Gasteiger partial charge in [-0.25, -0.2) is 8.42 Å². The van der Waals surface area contributed by atoms with Gasteiger partial charge in [0.2, 0.25) is 0 Å². The molecule has 0 atom stereocenters. The molecule has 1 heterocycles. The summed E-state index contributed by atoms with van der Waals surface area (Å²) in [6.07, 6.45) is 2.36. The Labute approximate surface area is 123 Å². The molecule has 1 aliphatic rings. The number of carbonyl (C=O) groups is 1. The number of carbonyl (C=O) groups excluding carboxylic acids is 1. The van der Waals surface area contributed by atoms with Crippen molar-refractivity contribution in [3.63, 3.8) is 0 Å². The molecule has 1 fully saturated rings. The van der Waals surface area contributed by atoms with Gasteiger partial charge in [-0.2, -0.15) is 0 Å². The van der Waals surface area contributed by atoms with Crippen molar-refractivity contribution < 1.29 is 13.2 Å². The van der Waals surface area contributed by atoms with Crippen LogP contribution in [-0.2, 0) is 9.84 Å². The fourth-order valence-corrected chi connectivity index (χ4v) is 4.84. The summed E-state index contributed by atoms with van der Waals surface area (Å²) in [4.78, 5) is 14.0. The second kappa shape index (κ2) is 5.37. The zero-order chi connectivity index (χ0) is 15.1. The third kappa shape index (κ3) is 2.83. The molecule has 0 aliphatic heterocycles. The van der Waals surface area contributed by atoms with Crippen LogP contribution in [0.2, 0.25) is 0 Å². The lowest BCUT2D eigenvalue weighted by atomic mass is 10.3. The molecular weight excluding hydrogens is 296 g/mol. The van der Waals surface area contributed by atoms with Crippen LogP contribution in [-0.4, -0.2) is 33.5 Å². The number of sulfone groups is 1. The molecule has 1 aromatic rings. The lowest BCUT2D eigenvalue weighted by Crippen LogP contribution is -2.21. The number of hydrogen-bond acceptors (Lipinski definition) is 6. The predicted octanol–water partition coefficient (Wildman–Crippen LogP) is 2.17. The monoisotopic (exact) mass is 316 g/mol. The van der Waals surface area contributed by atoms with E-state index in [2.05, 4.69) is 0 Å². The van der Waals surface area contributed by atoms with Gasteiger partial charge in [-0.05, 0) is 18.8 Å². The molecule has 20 heavy (non-hydrogen) atoms. The van der Waals surface area contributed by atoms with Crippen molar-refractivity contribution in [2.45, 2.75) is 31.6 Å². The van der Waals surface area contributed by atoms with Gasteiger partial charge >= 0.3 is 0 Å². The number of rotatable bonds is 6. The highest BCUT2D eigenvalue weighted by molar-refractivity contribution is 7.92. The van der Waals surface area contributed by atoms with Gasteiger partial charge in [0.25, 0.3) is 0 Å². The molecule has 0 amide bonds. The van der Waals surface area contributed by atoms with Crippen molar-refractivity contribution in [1.29, 1.82) is 0 Å². The van der Waals surface area contributed by atoms with Gasteiger partial charge in [-0.15, -0.1) is 11.3 Å². The topological polar surface area (TPSA) is 80.5 Å². The summed E-state index contributed by atoms with van der Waals surface area (Å²) in [6.45, 7) is 3.81. The van der Waals surface area contributed by atoms with Crippen molar-refractivity contribution in [3.8, 4) is 0 Å². The van der Waals surface area contributed by atoms with Crippen molar-refractivity contribution in [2.75, 3.05) is 30.0 Å². The first-order chi connectivity index (χ1) is 9.27. The summed E-state index contributed by atoms with van der Waals surface area (Å²) in [5.74, 6) is 0.419. The summed E-state index contributed by atoms with van der Waals surface area (Å²) in [5.41, 5.74) is 6.05. The Morgan fingerprint density at radius 3 is 2.50 bits per heavy atom. The van der Waals surface area contributed by atoms with Crippen molar-refractivity contribution in [2.24, 2.45) is 5.92 Å². The first-order valence-corrected chi connectivity index (χ1v) is 9.11. The number of thiophene rings is 1. The number of hydrogen-bond donors (Lipinski definition) is 1. The minimum Gasteiger partial charge on any atom is -0.396 e. The molecule has 0 radical (unpaired) electrons. The summed E-state index contributed by atoms with van der Waals surface area (Å²) in [7, 11) is -1.58. The second-order valence-electron chi connectivity index (χ2n) is 5.26. The van der Waals surface area contributed by atoms with E-state index in [0.717, 1.165) is 6.54 Å². The third-order valence-electron chi connectivity index (χ3n) is 3.47. The molecule has 112 valence electrons. The molecule has 1 aliphatic carbocycles. The summed E-state index contributed by atoms with van der Waals surface area (Å²) in [6, 6.07) is 0. The van der Waals surface area contributed by atoms with E-state index in [9.17, 15) is 13.2 Å². The molecular formula is C13H20N2O3S2. The minimum absolute atomic E-state index is 0.0183. The summed E-state index contributed by atoms with van der Waals surface area (Å²) in [5, 5.41) is 0.599. The SMILES string of the molecule is CCS(=O)(=O)c1c(N(C)CC2CC2)sc(C(C)=O)c1N. The molecule has 5 nitrogen and oxygen atoms in total. The maximum Gasteiger partial charge on any atom is 0.183 e. The number of Topliss-reactive ketones (excluding diaryl/α,β-unsaturated/α-hetero) is 1. The van der Waals surface area contributed by atoms with E-state index < -0.39 is 9.84 Å². The highest BCUT2D eigenvalue weighted by atomic mass is 32.2. The average molecular weight is 316 g/mol. The van der Waals surface area contributed by atoms with Gasteiger partial charge in [0, 0.05) is 20.5 Å². The van der Waals surface area contributed by atoms with E-state index >= 15 is 0 Å². The Balaban J connectivity index is 2.53. The van der Waals surface area contributed by atoms with Crippen LogP contribution >= 0.6 is 11.3 Å². The molecule has 1 saturated carbocycles. The molecule has 1 aromatic heterocycles. The second-order valence-corrected chi connectivity index (χ2v) is 8.48.